The van der Waals surface area contributed by atoms with Crippen LogP contribution in [-0.4, -0.2) is 45.5 Å². The Hall–Kier alpha value is -3.42. The molecular weight excluding hydrogens is 412 g/mol. The van der Waals surface area contributed by atoms with Gasteiger partial charge in [-0.25, -0.2) is 13.8 Å². The molecule has 1 N–H and O–H groups in total. The van der Waals surface area contributed by atoms with Crippen LogP contribution in [0.25, 0.3) is 5.69 Å². The highest BCUT2D eigenvalue weighted by Gasteiger charge is 2.37. The number of hydrogen-bond donors (Lipinski definition) is 1. The maximum Gasteiger partial charge on any atom is 0.175 e. The summed E-state index contributed by atoms with van der Waals surface area (Å²) in [6, 6.07) is 9.73. The number of rotatable bonds is 4. The third-order valence-electron chi connectivity index (χ3n) is 6.11. The number of nitrogens with one attached hydrogen (secondary N) is 1. The summed E-state index contributed by atoms with van der Waals surface area (Å²) >= 11 is 0. The zero-order valence-corrected chi connectivity index (χ0v) is 18.1. The molecule has 1 unspecified atom stereocenters. The molecule has 0 amide bonds. The van der Waals surface area contributed by atoms with Gasteiger partial charge in [-0.15, -0.1) is 0 Å². The highest BCUT2D eigenvalue weighted by molar-refractivity contribution is 5.99. The van der Waals surface area contributed by atoms with Gasteiger partial charge in [0.05, 0.1) is 24.1 Å². The van der Waals surface area contributed by atoms with Gasteiger partial charge >= 0.3 is 0 Å². The molecule has 1 aromatic heterocycles. The van der Waals surface area contributed by atoms with Crippen molar-refractivity contribution in [2.75, 3.05) is 18.5 Å². The van der Waals surface area contributed by atoms with Crippen molar-refractivity contribution in [1.29, 1.82) is 0 Å². The summed E-state index contributed by atoms with van der Waals surface area (Å²) in [6.07, 6.45) is 5.63. The largest absolute Gasteiger partial charge is 0.392 e. The molecule has 0 saturated carbocycles. The highest BCUT2D eigenvalue weighted by atomic mass is 19.1. The lowest BCUT2D eigenvalue weighted by Gasteiger charge is -2.44. The van der Waals surface area contributed by atoms with Gasteiger partial charge in [0.15, 0.2) is 5.84 Å². The van der Waals surface area contributed by atoms with Gasteiger partial charge in [-0.3, -0.25) is 0 Å². The van der Waals surface area contributed by atoms with E-state index in [1.54, 1.807) is 0 Å². The molecule has 6 nitrogen and oxygen atoms in total. The normalized spacial score (nSPS) is 20.4. The lowest BCUT2D eigenvalue weighted by Crippen LogP contribution is -2.57. The van der Waals surface area contributed by atoms with E-state index in [9.17, 15) is 8.78 Å². The molecule has 8 heteroatoms. The zero-order valence-electron chi connectivity index (χ0n) is 18.1. The lowest BCUT2D eigenvalue weighted by atomic mass is 9.94. The number of aromatic nitrogens is 2. The van der Waals surface area contributed by atoms with E-state index in [1.165, 1.54) is 12.1 Å². The first-order valence-corrected chi connectivity index (χ1v) is 10.8. The van der Waals surface area contributed by atoms with Crippen molar-refractivity contribution in [2.24, 2.45) is 5.16 Å². The summed E-state index contributed by atoms with van der Waals surface area (Å²) < 4.78 is 29.3. The average molecular weight is 437 g/mol. The van der Waals surface area contributed by atoms with Crippen molar-refractivity contribution >= 4 is 11.5 Å². The van der Waals surface area contributed by atoms with Crippen LogP contribution >= 0.6 is 0 Å². The fraction of sp³-hybridized carbons (Fsp3) is 0.333. The molecule has 3 heterocycles. The number of halogens is 2. The van der Waals surface area contributed by atoms with Crippen molar-refractivity contribution in [1.82, 2.24) is 14.5 Å². The quantitative estimate of drug-likeness (QED) is 0.657. The van der Waals surface area contributed by atoms with Gasteiger partial charge < -0.3 is 19.6 Å². The second-order valence-electron chi connectivity index (χ2n) is 8.45. The van der Waals surface area contributed by atoms with Gasteiger partial charge in [-0.05, 0) is 62.6 Å². The van der Waals surface area contributed by atoms with Crippen molar-refractivity contribution in [3.63, 3.8) is 0 Å². The van der Waals surface area contributed by atoms with Crippen LogP contribution in [0.3, 0.4) is 0 Å². The highest BCUT2D eigenvalue weighted by Crippen LogP contribution is 2.28. The minimum atomic E-state index is -0.592. The fourth-order valence-electron chi connectivity index (χ4n) is 4.63. The Balaban J connectivity index is 1.39. The van der Waals surface area contributed by atoms with E-state index in [2.05, 4.69) is 39.4 Å². The molecule has 3 aromatic rings. The van der Waals surface area contributed by atoms with Gasteiger partial charge in [-0.1, -0.05) is 5.16 Å². The predicted octanol–water partition coefficient (Wildman–Crippen LogP) is 4.40. The molecule has 0 bridgehead atoms. The van der Waals surface area contributed by atoms with Crippen LogP contribution in [0, 0.1) is 25.5 Å². The van der Waals surface area contributed by atoms with Gasteiger partial charge in [0.2, 0.25) is 0 Å². The second kappa shape index (κ2) is 8.26. The van der Waals surface area contributed by atoms with Crippen LogP contribution < -0.4 is 5.32 Å². The third-order valence-corrected chi connectivity index (χ3v) is 6.11. The van der Waals surface area contributed by atoms with Crippen molar-refractivity contribution in [2.45, 2.75) is 38.8 Å². The molecule has 5 rings (SSSR count). The Morgan fingerprint density at radius 3 is 2.62 bits per heavy atom. The first-order chi connectivity index (χ1) is 15.5. The van der Waals surface area contributed by atoms with E-state index in [4.69, 9.17) is 4.84 Å². The zero-order chi connectivity index (χ0) is 22.2. The number of amidine groups is 1. The molecule has 0 aliphatic carbocycles. The number of hydrogen-bond acceptors (Lipinski definition) is 5. The molecule has 1 saturated heterocycles. The van der Waals surface area contributed by atoms with E-state index in [1.807, 2.05) is 30.1 Å². The summed E-state index contributed by atoms with van der Waals surface area (Å²) in [5.74, 6) is -0.397. The molecule has 0 spiro atoms. The molecule has 32 heavy (non-hydrogen) atoms. The third kappa shape index (κ3) is 3.92. The van der Waals surface area contributed by atoms with E-state index >= 15 is 0 Å². The molecule has 2 atom stereocenters. The lowest BCUT2D eigenvalue weighted by molar-refractivity contribution is 0.0402. The van der Waals surface area contributed by atoms with Gasteiger partial charge in [-0.2, -0.15) is 0 Å². The molecule has 0 radical (unpaired) electrons. The Morgan fingerprint density at radius 1 is 1.09 bits per heavy atom. The molecule has 2 aliphatic heterocycles. The summed E-state index contributed by atoms with van der Waals surface area (Å²) in [5.41, 5.74) is 4.55. The topological polar surface area (TPSA) is 54.7 Å². The van der Waals surface area contributed by atoms with Crippen LogP contribution in [-0.2, 0) is 4.84 Å². The maximum absolute atomic E-state index is 13.7. The summed E-state index contributed by atoms with van der Waals surface area (Å²) in [4.78, 5) is 12.2. The van der Waals surface area contributed by atoms with Crippen LogP contribution in [0.5, 0.6) is 0 Å². The standard InChI is InChI=1S/C24H25F2N5O/c1-15-8-17(5-6-22(15)30-12-16(2)27-14-30)24-29-32-13-23-21(4-3-7-31(23)24)28-20-10-18(25)9-19(26)11-20/h5-6,8-12,14,21,23,28H,3-4,7,13H2,1-2H3/t21?,23-/m0/s1. The van der Waals surface area contributed by atoms with Crippen LogP contribution in [0.2, 0.25) is 0 Å². The van der Waals surface area contributed by atoms with Gasteiger partial charge in [0.1, 0.15) is 18.2 Å². The first kappa shape index (κ1) is 20.5. The van der Waals surface area contributed by atoms with Gasteiger partial charge in [0.25, 0.3) is 0 Å². The number of nitrogens with zero attached hydrogens (tertiary/aromatic N) is 4. The first-order valence-electron chi connectivity index (χ1n) is 10.8. The van der Waals surface area contributed by atoms with Crippen LogP contribution in [0.1, 0.15) is 29.7 Å². The van der Waals surface area contributed by atoms with E-state index in [0.717, 1.165) is 53.8 Å². The van der Waals surface area contributed by atoms with E-state index in [0.29, 0.717) is 12.3 Å². The number of imidazole rings is 1. The SMILES string of the molecule is Cc1cn(-c2ccc(C3=NOC[C@H]4C(Nc5cc(F)cc(F)c5)CCCN34)cc2C)cn1. The second-order valence-corrected chi connectivity index (χ2v) is 8.45. The number of benzene rings is 2. The summed E-state index contributed by atoms with van der Waals surface area (Å²) in [6.45, 7) is 5.30. The van der Waals surface area contributed by atoms with Gasteiger partial charge in [0, 0.05) is 35.7 Å². The molecular formula is C24H25F2N5O. The minimum absolute atomic E-state index is 0.00950. The number of fused-ring (bicyclic) bond motifs is 1. The summed E-state index contributed by atoms with van der Waals surface area (Å²) in [5, 5.41) is 7.69. The molecule has 1 fully saturated rings. The molecule has 166 valence electrons. The van der Waals surface area contributed by atoms with Crippen molar-refractivity contribution in [3.8, 4) is 5.69 Å². The van der Waals surface area contributed by atoms with Crippen LogP contribution in [0.15, 0.2) is 54.1 Å². The Kier molecular flexibility index (Phi) is 5.28. The van der Waals surface area contributed by atoms with Crippen molar-refractivity contribution < 1.29 is 13.6 Å². The van der Waals surface area contributed by atoms with Crippen LogP contribution in [0.4, 0.5) is 14.5 Å². The number of aryl methyl sites for hydroxylation is 2. The minimum Gasteiger partial charge on any atom is -0.392 e. The van der Waals surface area contributed by atoms with E-state index < -0.39 is 11.6 Å². The fourth-order valence-corrected chi connectivity index (χ4v) is 4.63. The summed E-state index contributed by atoms with van der Waals surface area (Å²) in [7, 11) is 0. The number of oxime groups is 1. The number of anilines is 1. The maximum atomic E-state index is 13.7. The Morgan fingerprint density at radius 2 is 1.91 bits per heavy atom. The molecule has 2 aliphatic rings. The number of piperidine rings is 1. The van der Waals surface area contributed by atoms with Crippen molar-refractivity contribution in [3.05, 3.63) is 77.4 Å². The Bertz CT molecular complexity index is 1150. The predicted molar refractivity (Wildman–Crippen MR) is 119 cm³/mol. The smallest absolute Gasteiger partial charge is 0.175 e. The average Bonchev–Trinajstić information content (AvgIpc) is 3.19. The van der Waals surface area contributed by atoms with E-state index in [-0.39, 0.29) is 12.1 Å². The molecule has 2 aromatic carbocycles. The Labute approximate surface area is 185 Å². The monoisotopic (exact) mass is 437 g/mol.